The van der Waals surface area contributed by atoms with Crippen molar-refractivity contribution in [3.05, 3.63) is 77.7 Å². The van der Waals surface area contributed by atoms with E-state index in [1.54, 1.807) is 59.8 Å². The van der Waals surface area contributed by atoms with Gasteiger partial charge in [0.05, 0.1) is 17.4 Å². The number of benzene rings is 1. The van der Waals surface area contributed by atoms with Gasteiger partial charge in [-0.15, -0.1) is 0 Å². The van der Waals surface area contributed by atoms with Crippen molar-refractivity contribution in [1.82, 2.24) is 9.97 Å². The standard InChI is InChI=1S/C19H16ClN3O2/c1-2-23(16-6-4-10-21-13-16)19(24)14-8-9-18(22-12-14)25-17-7-3-5-15(20)11-17/h3-13H,2H2,1H3. The van der Waals surface area contributed by atoms with Gasteiger partial charge in [-0.2, -0.15) is 0 Å². The van der Waals surface area contributed by atoms with Gasteiger partial charge in [-0.3, -0.25) is 9.78 Å². The van der Waals surface area contributed by atoms with Gasteiger partial charge in [0, 0.05) is 30.0 Å². The van der Waals surface area contributed by atoms with Gasteiger partial charge in [0.25, 0.3) is 5.91 Å². The lowest BCUT2D eigenvalue weighted by atomic mass is 10.2. The normalized spacial score (nSPS) is 10.3. The van der Waals surface area contributed by atoms with Gasteiger partial charge in [-0.1, -0.05) is 17.7 Å². The number of anilines is 1. The molecule has 0 N–H and O–H groups in total. The predicted octanol–water partition coefficient (Wildman–Crippen LogP) is 4.59. The number of hydrogen-bond acceptors (Lipinski definition) is 4. The Balaban J connectivity index is 1.76. The number of ether oxygens (including phenoxy) is 1. The van der Waals surface area contributed by atoms with Gasteiger partial charge in [0.1, 0.15) is 5.75 Å². The molecule has 126 valence electrons. The molecule has 0 fully saturated rings. The molecule has 0 bridgehead atoms. The second-order valence-electron chi connectivity index (χ2n) is 5.21. The second kappa shape index (κ2) is 7.77. The lowest BCUT2D eigenvalue weighted by Crippen LogP contribution is -2.30. The minimum Gasteiger partial charge on any atom is -0.439 e. The zero-order chi connectivity index (χ0) is 17.6. The smallest absolute Gasteiger partial charge is 0.259 e. The number of aromatic nitrogens is 2. The first-order valence-corrected chi connectivity index (χ1v) is 8.16. The Morgan fingerprint density at radius 3 is 2.68 bits per heavy atom. The van der Waals surface area contributed by atoms with E-state index in [9.17, 15) is 4.79 Å². The summed E-state index contributed by atoms with van der Waals surface area (Å²) in [7, 11) is 0. The Kier molecular flexibility index (Phi) is 5.26. The average molecular weight is 354 g/mol. The van der Waals surface area contributed by atoms with Crippen molar-refractivity contribution in [2.75, 3.05) is 11.4 Å². The van der Waals surface area contributed by atoms with E-state index in [1.165, 1.54) is 6.20 Å². The summed E-state index contributed by atoms with van der Waals surface area (Å²) < 4.78 is 5.63. The molecule has 3 rings (SSSR count). The minimum atomic E-state index is -0.141. The number of rotatable bonds is 5. The number of hydrogen-bond donors (Lipinski definition) is 0. The Hall–Kier alpha value is -2.92. The highest BCUT2D eigenvalue weighted by Crippen LogP contribution is 2.23. The van der Waals surface area contributed by atoms with Gasteiger partial charge >= 0.3 is 0 Å². The molecule has 3 aromatic rings. The molecule has 0 saturated carbocycles. The van der Waals surface area contributed by atoms with Crippen LogP contribution in [0.1, 0.15) is 17.3 Å². The van der Waals surface area contributed by atoms with Crippen molar-refractivity contribution < 1.29 is 9.53 Å². The van der Waals surface area contributed by atoms with Crippen molar-refractivity contribution in [3.8, 4) is 11.6 Å². The zero-order valence-electron chi connectivity index (χ0n) is 13.6. The quantitative estimate of drug-likeness (QED) is 0.673. The molecule has 0 atom stereocenters. The number of nitrogens with zero attached hydrogens (tertiary/aromatic N) is 3. The number of carbonyl (C=O) groups is 1. The SMILES string of the molecule is CCN(C(=O)c1ccc(Oc2cccc(Cl)c2)nc1)c1cccnc1. The summed E-state index contributed by atoms with van der Waals surface area (Å²) in [4.78, 5) is 22.6. The first-order valence-electron chi connectivity index (χ1n) is 7.78. The molecule has 2 aromatic heterocycles. The van der Waals surface area contributed by atoms with E-state index in [0.29, 0.717) is 28.8 Å². The summed E-state index contributed by atoms with van der Waals surface area (Å²) in [6.45, 7) is 2.44. The Morgan fingerprint density at radius 1 is 1.16 bits per heavy atom. The fraction of sp³-hybridized carbons (Fsp3) is 0.105. The van der Waals surface area contributed by atoms with Crippen molar-refractivity contribution in [3.63, 3.8) is 0 Å². The maximum absolute atomic E-state index is 12.7. The fourth-order valence-electron chi connectivity index (χ4n) is 2.33. The third kappa shape index (κ3) is 4.14. The first-order chi connectivity index (χ1) is 12.2. The molecule has 5 nitrogen and oxygen atoms in total. The molecule has 0 aliphatic heterocycles. The largest absolute Gasteiger partial charge is 0.439 e. The highest BCUT2D eigenvalue weighted by Gasteiger charge is 2.16. The molecule has 0 aliphatic rings. The van der Waals surface area contributed by atoms with Gasteiger partial charge in [0.15, 0.2) is 0 Å². The number of halogens is 1. The Labute approximate surface area is 150 Å². The fourth-order valence-corrected chi connectivity index (χ4v) is 2.51. The molecule has 1 amide bonds. The molecule has 0 spiro atoms. The van der Waals surface area contributed by atoms with E-state index in [0.717, 1.165) is 5.69 Å². The van der Waals surface area contributed by atoms with Gasteiger partial charge < -0.3 is 9.64 Å². The summed E-state index contributed by atoms with van der Waals surface area (Å²) in [5.74, 6) is 0.838. The maximum atomic E-state index is 12.7. The molecule has 0 unspecified atom stereocenters. The highest BCUT2D eigenvalue weighted by atomic mass is 35.5. The van der Waals surface area contributed by atoms with Crippen molar-refractivity contribution >= 4 is 23.2 Å². The van der Waals surface area contributed by atoms with Crippen LogP contribution in [0.3, 0.4) is 0 Å². The first kappa shape index (κ1) is 16.9. The van der Waals surface area contributed by atoms with Crippen LogP contribution in [0.5, 0.6) is 11.6 Å². The molecular formula is C19H16ClN3O2. The van der Waals surface area contributed by atoms with Crippen LogP contribution < -0.4 is 9.64 Å². The van der Waals surface area contributed by atoms with Crippen molar-refractivity contribution in [2.45, 2.75) is 6.92 Å². The maximum Gasteiger partial charge on any atom is 0.259 e. The van der Waals surface area contributed by atoms with Crippen molar-refractivity contribution in [1.29, 1.82) is 0 Å². The molecular weight excluding hydrogens is 338 g/mol. The van der Waals surface area contributed by atoms with E-state index in [4.69, 9.17) is 16.3 Å². The molecule has 0 saturated heterocycles. The van der Waals surface area contributed by atoms with Gasteiger partial charge in [0.2, 0.25) is 5.88 Å². The molecule has 0 aliphatic carbocycles. The van der Waals surface area contributed by atoms with Crippen LogP contribution in [-0.4, -0.2) is 22.4 Å². The lowest BCUT2D eigenvalue weighted by molar-refractivity contribution is 0.0988. The number of carbonyl (C=O) groups excluding carboxylic acids is 1. The topological polar surface area (TPSA) is 55.3 Å². The van der Waals surface area contributed by atoms with Gasteiger partial charge in [-0.05, 0) is 43.3 Å². The van der Waals surface area contributed by atoms with Crippen LogP contribution in [0.15, 0.2) is 67.1 Å². The summed E-state index contributed by atoms with van der Waals surface area (Å²) in [6.07, 6.45) is 4.83. The van der Waals surface area contributed by atoms with Crippen molar-refractivity contribution in [2.24, 2.45) is 0 Å². The summed E-state index contributed by atoms with van der Waals surface area (Å²) in [5.41, 5.74) is 1.22. The third-order valence-electron chi connectivity index (χ3n) is 3.52. The lowest BCUT2D eigenvalue weighted by Gasteiger charge is -2.20. The van der Waals surface area contributed by atoms with Crippen LogP contribution in [0, 0.1) is 0 Å². The van der Waals surface area contributed by atoms with E-state index in [-0.39, 0.29) is 5.91 Å². The van der Waals surface area contributed by atoms with Crippen LogP contribution in [-0.2, 0) is 0 Å². The predicted molar refractivity (Wildman–Crippen MR) is 97.4 cm³/mol. The highest BCUT2D eigenvalue weighted by molar-refractivity contribution is 6.30. The van der Waals surface area contributed by atoms with Crippen LogP contribution in [0.25, 0.3) is 0 Å². The Bertz CT molecular complexity index is 854. The molecule has 25 heavy (non-hydrogen) atoms. The summed E-state index contributed by atoms with van der Waals surface area (Å²) >= 11 is 5.93. The monoisotopic (exact) mass is 353 g/mol. The summed E-state index contributed by atoms with van der Waals surface area (Å²) in [6, 6.07) is 14.0. The molecule has 1 aromatic carbocycles. The zero-order valence-corrected chi connectivity index (χ0v) is 14.3. The van der Waals surface area contributed by atoms with Gasteiger partial charge in [-0.25, -0.2) is 4.98 Å². The third-order valence-corrected chi connectivity index (χ3v) is 3.76. The summed E-state index contributed by atoms with van der Waals surface area (Å²) in [5, 5.41) is 0.583. The van der Waals surface area contributed by atoms with E-state index in [2.05, 4.69) is 9.97 Å². The molecule has 0 radical (unpaired) electrons. The second-order valence-corrected chi connectivity index (χ2v) is 5.64. The van der Waals surface area contributed by atoms with E-state index in [1.807, 2.05) is 13.0 Å². The minimum absolute atomic E-state index is 0.141. The van der Waals surface area contributed by atoms with E-state index >= 15 is 0 Å². The Morgan fingerprint density at radius 2 is 2.04 bits per heavy atom. The molecule has 2 heterocycles. The number of amides is 1. The number of pyridine rings is 2. The average Bonchev–Trinajstić information content (AvgIpc) is 2.64. The van der Waals surface area contributed by atoms with Crippen LogP contribution >= 0.6 is 11.6 Å². The van der Waals surface area contributed by atoms with Crippen LogP contribution in [0.4, 0.5) is 5.69 Å². The van der Waals surface area contributed by atoms with Crippen LogP contribution in [0.2, 0.25) is 5.02 Å². The molecule has 6 heteroatoms. The van der Waals surface area contributed by atoms with E-state index < -0.39 is 0 Å².